The number of carbonyl (C=O) groups excluding carboxylic acids is 1. The second-order valence-corrected chi connectivity index (χ2v) is 4.79. The minimum Gasteiger partial charge on any atom is -0.294 e. The van der Waals surface area contributed by atoms with E-state index in [1.807, 2.05) is 6.07 Å². The Labute approximate surface area is 125 Å². The molecule has 1 unspecified atom stereocenters. The summed E-state index contributed by atoms with van der Waals surface area (Å²) in [6, 6.07) is 14.8. The maximum Gasteiger partial charge on any atom is 0.416 e. The number of benzene rings is 2. The first-order valence-corrected chi connectivity index (χ1v) is 6.57. The number of nitriles is 1. The Bertz CT molecular complexity index is 685. The largest absolute Gasteiger partial charge is 0.416 e. The normalized spacial score (nSPS) is 12.5. The summed E-state index contributed by atoms with van der Waals surface area (Å²) in [7, 11) is 0. The van der Waals surface area contributed by atoms with Gasteiger partial charge in [0, 0.05) is 12.0 Å². The van der Waals surface area contributed by atoms with Gasteiger partial charge in [-0.15, -0.1) is 0 Å². The van der Waals surface area contributed by atoms with Crippen molar-refractivity contribution in [2.75, 3.05) is 0 Å². The zero-order chi connectivity index (χ0) is 16.2. The number of carbonyl (C=O) groups is 1. The number of alkyl halides is 3. The molecule has 0 N–H and O–H groups in total. The molecule has 5 heteroatoms. The summed E-state index contributed by atoms with van der Waals surface area (Å²) in [4.78, 5) is 12.1. The maximum absolute atomic E-state index is 12.5. The fourth-order valence-corrected chi connectivity index (χ4v) is 2.07. The van der Waals surface area contributed by atoms with E-state index in [0.717, 1.165) is 12.1 Å². The fraction of sp³-hybridized carbons (Fsp3) is 0.176. The van der Waals surface area contributed by atoms with Gasteiger partial charge >= 0.3 is 6.18 Å². The van der Waals surface area contributed by atoms with Crippen LogP contribution in [-0.2, 0) is 6.18 Å². The van der Waals surface area contributed by atoms with E-state index in [1.165, 1.54) is 12.1 Å². The van der Waals surface area contributed by atoms with Gasteiger partial charge in [0.2, 0.25) is 0 Å². The summed E-state index contributed by atoms with van der Waals surface area (Å²) in [6.07, 6.45) is -4.48. The van der Waals surface area contributed by atoms with Gasteiger partial charge in [-0.2, -0.15) is 18.4 Å². The predicted octanol–water partition coefficient (Wildman–Crippen LogP) is 4.59. The lowest BCUT2D eigenvalue weighted by Crippen LogP contribution is -2.08. The third-order valence-corrected chi connectivity index (χ3v) is 3.28. The van der Waals surface area contributed by atoms with E-state index in [2.05, 4.69) is 0 Å². The minimum absolute atomic E-state index is 0.0636. The van der Waals surface area contributed by atoms with Gasteiger partial charge in [-0.25, -0.2) is 0 Å². The molecule has 0 heterocycles. The minimum atomic E-state index is -4.42. The highest BCUT2D eigenvalue weighted by Gasteiger charge is 2.30. The van der Waals surface area contributed by atoms with Crippen molar-refractivity contribution < 1.29 is 18.0 Å². The number of Topliss-reactive ketones (excluding diaryl/α,β-unsaturated/α-hetero) is 1. The molecule has 2 aromatic rings. The van der Waals surface area contributed by atoms with Crippen molar-refractivity contribution in [3.8, 4) is 6.07 Å². The molecule has 0 aliphatic rings. The third kappa shape index (κ3) is 3.73. The summed E-state index contributed by atoms with van der Waals surface area (Å²) < 4.78 is 37.5. The summed E-state index contributed by atoms with van der Waals surface area (Å²) in [5, 5.41) is 9.18. The monoisotopic (exact) mass is 303 g/mol. The number of rotatable bonds is 4. The molecular formula is C17H12F3NO. The molecule has 0 fully saturated rings. The van der Waals surface area contributed by atoms with Crippen molar-refractivity contribution in [3.05, 3.63) is 71.3 Å². The van der Waals surface area contributed by atoms with Gasteiger partial charge in [-0.1, -0.05) is 42.5 Å². The van der Waals surface area contributed by atoms with Crippen molar-refractivity contribution in [1.29, 1.82) is 5.26 Å². The molecule has 0 saturated heterocycles. The summed E-state index contributed by atoms with van der Waals surface area (Å²) in [6.45, 7) is 0. The van der Waals surface area contributed by atoms with Gasteiger partial charge in [-0.05, 0) is 17.7 Å². The zero-order valence-electron chi connectivity index (χ0n) is 11.5. The van der Waals surface area contributed by atoms with Crippen LogP contribution in [0.25, 0.3) is 0 Å². The van der Waals surface area contributed by atoms with Crippen molar-refractivity contribution >= 4 is 5.78 Å². The van der Waals surface area contributed by atoms with E-state index in [0.29, 0.717) is 11.1 Å². The van der Waals surface area contributed by atoms with Gasteiger partial charge < -0.3 is 0 Å². The quantitative estimate of drug-likeness (QED) is 0.775. The smallest absolute Gasteiger partial charge is 0.294 e. The lowest BCUT2D eigenvalue weighted by atomic mass is 9.92. The molecule has 0 amide bonds. The number of halogens is 3. The Balaban J connectivity index is 2.16. The Kier molecular flexibility index (Phi) is 4.62. The van der Waals surface area contributed by atoms with E-state index in [-0.39, 0.29) is 12.2 Å². The molecule has 0 spiro atoms. The molecule has 22 heavy (non-hydrogen) atoms. The average Bonchev–Trinajstić information content (AvgIpc) is 2.52. The molecule has 2 nitrogen and oxygen atoms in total. The Morgan fingerprint density at radius 1 is 1.05 bits per heavy atom. The summed E-state index contributed by atoms with van der Waals surface area (Å²) >= 11 is 0. The maximum atomic E-state index is 12.5. The van der Waals surface area contributed by atoms with Crippen LogP contribution in [0, 0.1) is 11.3 Å². The molecule has 2 aromatic carbocycles. The SMILES string of the molecule is N#CC(CC(=O)c1ccccc1)c1ccc(C(F)(F)F)cc1. The van der Waals surface area contributed by atoms with Crippen molar-refractivity contribution in [1.82, 2.24) is 0 Å². The first kappa shape index (κ1) is 15.8. The molecule has 0 saturated carbocycles. The van der Waals surface area contributed by atoms with Gasteiger partial charge in [0.1, 0.15) is 0 Å². The highest BCUT2D eigenvalue weighted by molar-refractivity contribution is 5.96. The average molecular weight is 303 g/mol. The van der Waals surface area contributed by atoms with Crippen LogP contribution in [0.3, 0.4) is 0 Å². The number of hydrogen-bond acceptors (Lipinski definition) is 2. The lowest BCUT2D eigenvalue weighted by Gasteiger charge is -2.11. The third-order valence-electron chi connectivity index (χ3n) is 3.28. The molecule has 0 bridgehead atoms. The van der Waals surface area contributed by atoms with E-state index in [1.54, 1.807) is 30.3 Å². The molecule has 1 atom stereocenters. The van der Waals surface area contributed by atoms with Gasteiger partial charge in [0.05, 0.1) is 17.6 Å². The first-order chi connectivity index (χ1) is 10.4. The first-order valence-electron chi connectivity index (χ1n) is 6.57. The molecule has 2 rings (SSSR count). The van der Waals surface area contributed by atoms with Crippen LogP contribution >= 0.6 is 0 Å². The van der Waals surface area contributed by atoms with Crippen LogP contribution in [0.2, 0.25) is 0 Å². The van der Waals surface area contributed by atoms with Crippen LogP contribution in [-0.4, -0.2) is 5.78 Å². The predicted molar refractivity (Wildman–Crippen MR) is 75.2 cm³/mol. The van der Waals surface area contributed by atoms with Gasteiger partial charge in [0.15, 0.2) is 5.78 Å². The van der Waals surface area contributed by atoms with Crippen LogP contribution < -0.4 is 0 Å². The summed E-state index contributed by atoms with van der Waals surface area (Å²) in [5.74, 6) is -0.984. The van der Waals surface area contributed by atoms with Crippen LogP contribution in [0.15, 0.2) is 54.6 Å². The highest BCUT2D eigenvalue weighted by atomic mass is 19.4. The van der Waals surface area contributed by atoms with E-state index in [9.17, 15) is 23.2 Å². The molecular weight excluding hydrogens is 291 g/mol. The standard InChI is InChI=1S/C17H12F3NO/c18-17(19,20)15-8-6-12(7-9-15)14(11-21)10-16(22)13-4-2-1-3-5-13/h1-9,14H,10H2. The second kappa shape index (κ2) is 6.44. The fourth-order valence-electron chi connectivity index (χ4n) is 2.07. The molecule has 112 valence electrons. The van der Waals surface area contributed by atoms with Crippen LogP contribution in [0.1, 0.15) is 33.8 Å². The highest BCUT2D eigenvalue weighted by Crippen LogP contribution is 2.30. The Hall–Kier alpha value is -2.61. The number of nitrogens with zero attached hydrogens (tertiary/aromatic N) is 1. The summed E-state index contributed by atoms with van der Waals surface area (Å²) in [5.41, 5.74) is 0.108. The van der Waals surface area contributed by atoms with E-state index >= 15 is 0 Å². The van der Waals surface area contributed by atoms with E-state index in [4.69, 9.17) is 0 Å². The van der Waals surface area contributed by atoms with E-state index < -0.39 is 17.7 Å². The Morgan fingerprint density at radius 3 is 2.14 bits per heavy atom. The number of hydrogen-bond donors (Lipinski definition) is 0. The molecule has 0 aliphatic carbocycles. The number of ketones is 1. The van der Waals surface area contributed by atoms with Gasteiger partial charge in [0.25, 0.3) is 0 Å². The van der Waals surface area contributed by atoms with Crippen molar-refractivity contribution in [3.63, 3.8) is 0 Å². The van der Waals surface area contributed by atoms with Crippen LogP contribution in [0.4, 0.5) is 13.2 Å². The molecule has 0 aliphatic heterocycles. The van der Waals surface area contributed by atoms with Crippen molar-refractivity contribution in [2.45, 2.75) is 18.5 Å². The molecule has 0 aromatic heterocycles. The topological polar surface area (TPSA) is 40.9 Å². The molecule has 0 radical (unpaired) electrons. The lowest BCUT2D eigenvalue weighted by molar-refractivity contribution is -0.137. The second-order valence-electron chi connectivity index (χ2n) is 4.79. The Morgan fingerprint density at radius 2 is 1.64 bits per heavy atom. The van der Waals surface area contributed by atoms with Gasteiger partial charge in [-0.3, -0.25) is 4.79 Å². The van der Waals surface area contributed by atoms with Crippen molar-refractivity contribution in [2.24, 2.45) is 0 Å². The zero-order valence-corrected chi connectivity index (χ0v) is 11.5. The van der Waals surface area contributed by atoms with Crippen LogP contribution in [0.5, 0.6) is 0 Å².